The Bertz CT molecular complexity index is 2300. The third kappa shape index (κ3) is 4.41. The molecule has 6 aromatic carbocycles. The number of allylic oxidation sites excluding steroid dienone is 1. The van der Waals surface area contributed by atoms with Gasteiger partial charge in [-0.1, -0.05) is 135 Å². The van der Waals surface area contributed by atoms with E-state index in [0.717, 1.165) is 28.1 Å². The van der Waals surface area contributed by atoms with E-state index in [9.17, 15) is 0 Å². The van der Waals surface area contributed by atoms with Crippen LogP contribution in [0.1, 0.15) is 36.1 Å². The summed E-state index contributed by atoms with van der Waals surface area (Å²) < 4.78 is 0. The molecule has 0 N–H and O–H groups in total. The van der Waals surface area contributed by atoms with Gasteiger partial charge in [-0.2, -0.15) is 0 Å². The van der Waals surface area contributed by atoms with E-state index in [2.05, 4.69) is 116 Å². The lowest BCUT2D eigenvalue weighted by Crippen LogP contribution is -2.18. The highest BCUT2D eigenvalue weighted by Gasteiger charge is 2.42. The van der Waals surface area contributed by atoms with Crippen molar-refractivity contribution in [2.75, 3.05) is 4.90 Å². The van der Waals surface area contributed by atoms with Crippen LogP contribution >= 0.6 is 0 Å². The molecule has 4 heteroatoms. The lowest BCUT2D eigenvalue weighted by molar-refractivity contribution is 0.704. The molecule has 0 fully saturated rings. The zero-order valence-corrected chi connectivity index (χ0v) is 26.8. The minimum Gasteiger partial charge on any atom is -0.309 e. The van der Waals surface area contributed by atoms with Gasteiger partial charge in [-0.15, -0.1) is 0 Å². The van der Waals surface area contributed by atoms with Crippen LogP contribution in [-0.4, -0.2) is 15.0 Å². The molecule has 0 bridgehead atoms. The van der Waals surface area contributed by atoms with Crippen molar-refractivity contribution in [2.45, 2.75) is 19.3 Å². The Labute approximate surface area is 280 Å². The third-order valence-corrected chi connectivity index (χ3v) is 9.66. The van der Waals surface area contributed by atoms with E-state index in [1.807, 2.05) is 60.7 Å². The Hall–Kier alpha value is -6.13. The lowest BCUT2D eigenvalue weighted by atomic mass is 9.77. The number of hydrogen-bond donors (Lipinski definition) is 0. The Morgan fingerprint density at radius 2 is 0.854 bits per heavy atom. The van der Waals surface area contributed by atoms with Crippen molar-refractivity contribution in [2.24, 2.45) is 0 Å². The first-order valence-electron chi connectivity index (χ1n) is 16.4. The van der Waals surface area contributed by atoms with Crippen molar-refractivity contribution in [3.63, 3.8) is 0 Å². The third-order valence-electron chi connectivity index (χ3n) is 9.66. The van der Waals surface area contributed by atoms with Gasteiger partial charge in [0.25, 0.3) is 0 Å². The monoisotopic (exact) mass is 616 g/mol. The van der Waals surface area contributed by atoms with E-state index >= 15 is 0 Å². The first kappa shape index (κ1) is 28.1. The molecule has 0 saturated carbocycles. The minimum atomic E-state index is -0.152. The van der Waals surface area contributed by atoms with Gasteiger partial charge in [0.2, 0.25) is 0 Å². The summed E-state index contributed by atoms with van der Waals surface area (Å²) in [6.07, 6.45) is 0. The van der Waals surface area contributed by atoms with Crippen LogP contribution in [0.5, 0.6) is 0 Å². The number of benzene rings is 6. The smallest absolute Gasteiger partial charge is 0.164 e. The van der Waals surface area contributed by atoms with E-state index in [0.29, 0.717) is 17.5 Å². The molecule has 48 heavy (non-hydrogen) atoms. The highest BCUT2D eigenvalue weighted by molar-refractivity contribution is 6.14. The van der Waals surface area contributed by atoms with Gasteiger partial charge in [0.15, 0.2) is 17.5 Å². The maximum absolute atomic E-state index is 4.96. The fourth-order valence-corrected chi connectivity index (χ4v) is 7.44. The second kappa shape index (κ2) is 11.0. The quantitative estimate of drug-likeness (QED) is 0.197. The molecule has 0 spiro atoms. The predicted octanol–water partition coefficient (Wildman–Crippen LogP) is 10.9. The van der Waals surface area contributed by atoms with Crippen molar-refractivity contribution in [3.8, 4) is 34.2 Å². The molecule has 1 aliphatic carbocycles. The second-order valence-corrected chi connectivity index (χ2v) is 12.9. The van der Waals surface area contributed by atoms with Crippen LogP contribution in [0.2, 0.25) is 0 Å². The average molecular weight is 617 g/mol. The summed E-state index contributed by atoms with van der Waals surface area (Å²) >= 11 is 0. The van der Waals surface area contributed by atoms with E-state index in [-0.39, 0.29) is 5.41 Å². The summed E-state index contributed by atoms with van der Waals surface area (Å²) in [5.41, 5.74) is 14.0. The van der Waals surface area contributed by atoms with Crippen LogP contribution in [0.25, 0.3) is 45.3 Å². The minimum absolute atomic E-state index is 0.152. The Morgan fingerprint density at radius 3 is 1.44 bits per heavy atom. The van der Waals surface area contributed by atoms with Gasteiger partial charge in [0.05, 0.1) is 11.4 Å². The van der Waals surface area contributed by atoms with Crippen molar-refractivity contribution in [3.05, 3.63) is 180 Å². The van der Waals surface area contributed by atoms with E-state index in [1.54, 1.807) is 0 Å². The number of anilines is 3. The zero-order chi connectivity index (χ0) is 32.2. The molecule has 2 aliphatic rings. The van der Waals surface area contributed by atoms with Gasteiger partial charge >= 0.3 is 0 Å². The first-order valence-corrected chi connectivity index (χ1v) is 16.4. The molecule has 0 saturated heterocycles. The Morgan fingerprint density at radius 1 is 0.417 bits per heavy atom. The molecule has 7 aromatic rings. The largest absolute Gasteiger partial charge is 0.309 e. The van der Waals surface area contributed by atoms with Crippen LogP contribution < -0.4 is 4.90 Å². The topological polar surface area (TPSA) is 41.9 Å². The van der Waals surface area contributed by atoms with Gasteiger partial charge in [-0.3, -0.25) is 0 Å². The highest BCUT2D eigenvalue weighted by Crippen LogP contribution is 2.59. The number of aromatic nitrogens is 3. The number of rotatable bonds is 4. The van der Waals surface area contributed by atoms with Crippen molar-refractivity contribution in [1.82, 2.24) is 15.0 Å². The number of para-hydroxylation sites is 2. The molecule has 2 heterocycles. The molecule has 228 valence electrons. The molecule has 0 radical (unpaired) electrons. The van der Waals surface area contributed by atoms with Crippen LogP contribution in [-0.2, 0) is 5.41 Å². The van der Waals surface area contributed by atoms with E-state index in [4.69, 9.17) is 15.0 Å². The standard InChI is InChI=1S/C44H32N4/c1-44(2)36-22-12-9-19-33(36)39-34-20-10-13-23-37(34)48(38-24-14-11-21-35(38)40(39)44)32-27-25-31(26-28-32)43-46-41(29-15-5-3-6-16-29)45-42(47-43)30-17-7-4-8-18-30/h3-28H,1-2H3. The molecule has 4 nitrogen and oxygen atoms in total. The maximum Gasteiger partial charge on any atom is 0.164 e. The first-order chi connectivity index (χ1) is 23.6. The second-order valence-electron chi connectivity index (χ2n) is 12.9. The molecule has 9 rings (SSSR count). The zero-order valence-electron chi connectivity index (χ0n) is 26.8. The molecule has 0 unspecified atom stereocenters. The van der Waals surface area contributed by atoms with Gasteiger partial charge in [0.1, 0.15) is 0 Å². The van der Waals surface area contributed by atoms with Crippen LogP contribution in [0.4, 0.5) is 17.1 Å². The molecule has 0 atom stereocenters. The normalized spacial score (nSPS) is 14.1. The summed E-state index contributed by atoms with van der Waals surface area (Å²) in [5.74, 6) is 1.95. The average Bonchev–Trinajstić information content (AvgIpc) is 3.30. The van der Waals surface area contributed by atoms with Crippen molar-refractivity contribution < 1.29 is 0 Å². The SMILES string of the molecule is CC1(C)C2=C(c3ccccc3N(c3ccc(-c4nc(-c5ccccc5)nc(-c5ccccc5)n4)cc3)c3ccccc32)c2ccccc21. The van der Waals surface area contributed by atoms with E-state index in [1.165, 1.54) is 39.1 Å². The Kier molecular flexibility index (Phi) is 6.44. The fraction of sp³-hybridized carbons (Fsp3) is 0.0682. The van der Waals surface area contributed by atoms with Gasteiger partial charge in [0, 0.05) is 38.9 Å². The fourth-order valence-electron chi connectivity index (χ4n) is 7.44. The van der Waals surface area contributed by atoms with Crippen LogP contribution in [0, 0.1) is 0 Å². The van der Waals surface area contributed by atoms with Crippen LogP contribution in [0.3, 0.4) is 0 Å². The number of fused-ring (bicyclic) bond motifs is 6. The summed E-state index contributed by atoms with van der Waals surface area (Å²) in [7, 11) is 0. The van der Waals surface area contributed by atoms with Crippen LogP contribution in [0.15, 0.2) is 158 Å². The lowest BCUT2D eigenvalue weighted by Gasteiger charge is -2.30. The summed E-state index contributed by atoms with van der Waals surface area (Å²) in [5, 5.41) is 0. The van der Waals surface area contributed by atoms with Crippen molar-refractivity contribution >= 4 is 28.2 Å². The van der Waals surface area contributed by atoms with E-state index < -0.39 is 0 Å². The highest BCUT2D eigenvalue weighted by atomic mass is 15.2. The molecular weight excluding hydrogens is 585 g/mol. The van der Waals surface area contributed by atoms with Gasteiger partial charge in [-0.05, 0) is 58.7 Å². The molecule has 1 aromatic heterocycles. The summed E-state index contributed by atoms with van der Waals surface area (Å²) in [6.45, 7) is 4.72. The summed E-state index contributed by atoms with van der Waals surface area (Å²) in [6, 6.07) is 55.4. The molecular formula is C44H32N4. The predicted molar refractivity (Wildman–Crippen MR) is 196 cm³/mol. The number of nitrogens with zero attached hydrogens (tertiary/aromatic N) is 4. The number of hydrogen-bond acceptors (Lipinski definition) is 4. The van der Waals surface area contributed by atoms with Gasteiger partial charge in [-0.25, -0.2) is 15.0 Å². The molecule has 1 aliphatic heterocycles. The molecule has 0 amide bonds. The Balaban J connectivity index is 1.20. The maximum atomic E-state index is 4.96. The van der Waals surface area contributed by atoms with Gasteiger partial charge < -0.3 is 4.90 Å². The van der Waals surface area contributed by atoms with Crippen molar-refractivity contribution in [1.29, 1.82) is 0 Å². The summed E-state index contributed by atoms with van der Waals surface area (Å²) in [4.78, 5) is 17.2.